The molecule has 0 aliphatic carbocycles. The Hall–Kier alpha value is -0.220. The van der Waals surface area contributed by atoms with E-state index in [1.807, 2.05) is 11.8 Å². The molecule has 0 saturated heterocycles. The molecule has 0 radical (unpaired) electrons. The average molecular weight is 204 g/mol. The molecule has 4 heteroatoms. The van der Waals surface area contributed by atoms with E-state index in [0.717, 1.165) is 18.7 Å². The molecule has 0 bridgehead atoms. The van der Waals surface area contributed by atoms with E-state index in [1.54, 1.807) is 19.0 Å². The largest absolute Gasteiger partial charge is 0.349 e. The zero-order valence-electron chi connectivity index (χ0n) is 8.75. The Labute approximate surface area is 85.0 Å². The molecule has 1 unspecified atom stereocenters. The van der Waals surface area contributed by atoms with Crippen molar-refractivity contribution in [1.82, 2.24) is 4.90 Å². The summed E-state index contributed by atoms with van der Waals surface area (Å²) in [4.78, 5) is 12.8. The summed E-state index contributed by atoms with van der Waals surface area (Å²) in [7, 11) is 3.58. The highest BCUT2D eigenvalue weighted by Gasteiger charge is 2.05. The van der Waals surface area contributed by atoms with Gasteiger partial charge in [0.2, 0.25) is 5.91 Å². The molecule has 0 aromatic rings. The van der Waals surface area contributed by atoms with Crippen LogP contribution in [-0.4, -0.2) is 42.4 Å². The fraction of sp³-hybridized carbons (Fsp3) is 0.889. The van der Waals surface area contributed by atoms with Crippen LogP contribution in [0.15, 0.2) is 0 Å². The van der Waals surface area contributed by atoms with E-state index in [-0.39, 0.29) is 5.91 Å². The predicted molar refractivity (Wildman–Crippen MR) is 58.9 cm³/mol. The van der Waals surface area contributed by atoms with Crippen LogP contribution in [0.2, 0.25) is 0 Å². The van der Waals surface area contributed by atoms with Gasteiger partial charge in [-0.25, -0.2) is 0 Å². The van der Waals surface area contributed by atoms with Crippen LogP contribution in [0, 0.1) is 0 Å². The van der Waals surface area contributed by atoms with Gasteiger partial charge in [0.05, 0.1) is 0 Å². The second kappa shape index (κ2) is 7.21. The van der Waals surface area contributed by atoms with E-state index < -0.39 is 0 Å². The second-order valence-corrected chi connectivity index (χ2v) is 4.84. The van der Waals surface area contributed by atoms with Crippen molar-refractivity contribution >= 4 is 17.7 Å². The van der Waals surface area contributed by atoms with Crippen LogP contribution in [0.1, 0.15) is 19.8 Å². The molecular weight excluding hydrogens is 184 g/mol. The monoisotopic (exact) mass is 204 g/mol. The van der Waals surface area contributed by atoms with Gasteiger partial charge in [-0.1, -0.05) is 6.92 Å². The smallest absolute Gasteiger partial charge is 0.222 e. The van der Waals surface area contributed by atoms with Gasteiger partial charge in [0.1, 0.15) is 0 Å². The van der Waals surface area contributed by atoms with Crippen LogP contribution in [-0.2, 0) is 4.79 Å². The Morgan fingerprint density at radius 2 is 2.15 bits per heavy atom. The number of nitrogens with two attached hydrogens (primary N) is 1. The van der Waals surface area contributed by atoms with Crippen LogP contribution >= 0.6 is 11.8 Å². The number of nitrogens with zero attached hydrogens (tertiary/aromatic N) is 1. The minimum atomic E-state index is 0.201. The van der Waals surface area contributed by atoms with Gasteiger partial charge in [-0.15, -0.1) is 0 Å². The molecule has 0 aliphatic heterocycles. The van der Waals surface area contributed by atoms with Gasteiger partial charge in [-0.3, -0.25) is 4.79 Å². The number of hydrogen-bond donors (Lipinski definition) is 1. The molecule has 0 aliphatic rings. The van der Waals surface area contributed by atoms with Crippen molar-refractivity contribution in [2.75, 3.05) is 26.4 Å². The summed E-state index contributed by atoms with van der Waals surface area (Å²) >= 11 is 1.82. The standard InChI is InChI=1S/C9H20N2OS/c1-8(4-6-10)13-7-5-9(12)11(2)3/h8H,4-7,10H2,1-3H3. The van der Waals surface area contributed by atoms with Gasteiger partial charge in [-0.05, 0) is 13.0 Å². The molecule has 1 atom stereocenters. The first-order valence-electron chi connectivity index (χ1n) is 4.59. The summed E-state index contributed by atoms with van der Waals surface area (Å²) in [6.45, 7) is 2.88. The first-order valence-corrected chi connectivity index (χ1v) is 5.64. The maximum atomic E-state index is 11.2. The van der Waals surface area contributed by atoms with Gasteiger partial charge < -0.3 is 10.6 Å². The number of amides is 1. The lowest BCUT2D eigenvalue weighted by Crippen LogP contribution is -2.22. The van der Waals surface area contributed by atoms with Gasteiger partial charge in [0.15, 0.2) is 0 Å². The third-order valence-corrected chi connectivity index (χ3v) is 3.03. The van der Waals surface area contributed by atoms with Crippen molar-refractivity contribution in [3.05, 3.63) is 0 Å². The molecule has 0 heterocycles. The SMILES string of the molecule is CC(CCN)SCCC(=O)N(C)C. The van der Waals surface area contributed by atoms with Crippen molar-refractivity contribution in [2.24, 2.45) is 5.73 Å². The van der Waals surface area contributed by atoms with Crippen LogP contribution in [0.25, 0.3) is 0 Å². The normalized spacial score (nSPS) is 12.6. The fourth-order valence-corrected chi connectivity index (χ4v) is 1.89. The van der Waals surface area contributed by atoms with Crippen LogP contribution < -0.4 is 5.73 Å². The van der Waals surface area contributed by atoms with E-state index >= 15 is 0 Å². The molecule has 0 spiro atoms. The van der Waals surface area contributed by atoms with Gasteiger partial charge in [0.25, 0.3) is 0 Å². The van der Waals surface area contributed by atoms with E-state index in [1.165, 1.54) is 0 Å². The maximum Gasteiger partial charge on any atom is 0.222 e. The zero-order valence-corrected chi connectivity index (χ0v) is 9.56. The van der Waals surface area contributed by atoms with Crippen molar-refractivity contribution in [1.29, 1.82) is 0 Å². The minimum Gasteiger partial charge on any atom is -0.349 e. The lowest BCUT2D eigenvalue weighted by molar-refractivity contribution is -0.128. The van der Waals surface area contributed by atoms with Gasteiger partial charge >= 0.3 is 0 Å². The van der Waals surface area contributed by atoms with Crippen LogP contribution in [0.4, 0.5) is 0 Å². The number of rotatable bonds is 6. The first-order chi connectivity index (χ1) is 6.07. The van der Waals surface area contributed by atoms with Crippen molar-refractivity contribution in [2.45, 2.75) is 25.0 Å². The molecule has 1 amide bonds. The molecule has 3 nitrogen and oxygen atoms in total. The third kappa shape index (κ3) is 6.90. The summed E-state index contributed by atoms with van der Waals surface area (Å²) in [6.07, 6.45) is 1.66. The molecule has 0 saturated carbocycles. The van der Waals surface area contributed by atoms with Crippen molar-refractivity contribution < 1.29 is 4.79 Å². The van der Waals surface area contributed by atoms with E-state index in [2.05, 4.69) is 6.92 Å². The second-order valence-electron chi connectivity index (χ2n) is 3.30. The van der Waals surface area contributed by atoms with Gasteiger partial charge in [-0.2, -0.15) is 11.8 Å². The highest BCUT2D eigenvalue weighted by atomic mass is 32.2. The number of thioether (sulfide) groups is 1. The predicted octanol–water partition coefficient (Wildman–Crippen LogP) is 0.935. The molecule has 0 aromatic heterocycles. The Morgan fingerprint density at radius 3 is 2.62 bits per heavy atom. The molecule has 0 fully saturated rings. The van der Waals surface area contributed by atoms with Crippen LogP contribution in [0.3, 0.4) is 0 Å². The first kappa shape index (κ1) is 12.8. The average Bonchev–Trinajstić information content (AvgIpc) is 2.04. The third-order valence-electron chi connectivity index (χ3n) is 1.79. The Morgan fingerprint density at radius 1 is 1.54 bits per heavy atom. The summed E-state index contributed by atoms with van der Waals surface area (Å²) < 4.78 is 0. The molecule has 0 rings (SSSR count). The summed E-state index contributed by atoms with van der Waals surface area (Å²) in [5.41, 5.74) is 5.42. The Balaban J connectivity index is 3.39. The fourth-order valence-electron chi connectivity index (χ4n) is 0.889. The zero-order chi connectivity index (χ0) is 10.3. The Kier molecular flexibility index (Phi) is 7.09. The molecule has 78 valence electrons. The van der Waals surface area contributed by atoms with E-state index in [9.17, 15) is 4.79 Å². The summed E-state index contributed by atoms with van der Waals surface area (Å²) in [5, 5.41) is 0.569. The van der Waals surface area contributed by atoms with E-state index in [4.69, 9.17) is 5.73 Å². The van der Waals surface area contributed by atoms with Crippen LogP contribution in [0.5, 0.6) is 0 Å². The number of carbonyl (C=O) groups is 1. The Bertz CT molecular complexity index is 151. The lowest BCUT2D eigenvalue weighted by atomic mass is 10.3. The minimum absolute atomic E-state index is 0.201. The molecule has 0 aromatic carbocycles. The van der Waals surface area contributed by atoms with E-state index in [0.29, 0.717) is 11.7 Å². The number of hydrogen-bond acceptors (Lipinski definition) is 3. The molecule has 13 heavy (non-hydrogen) atoms. The van der Waals surface area contributed by atoms with Gasteiger partial charge in [0, 0.05) is 31.5 Å². The molecular formula is C9H20N2OS. The molecule has 2 N–H and O–H groups in total. The highest BCUT2D eigenvalue weighted by Crippen LogP contribution is 2.14. The summed E-state index contributed by atoms with van der Waals surface area (Å²) in [5.74, 6) is 1.10. The lowest BCUT2D eigenvalue weighted by Gasteiger charge is -2.12. The summed E-state index contributed by atoms with van der Waals surface area (Å²) in [6, 6.07) is 0. The van der Waals surface area contributed by atoms with Crippen molar-refractivity contribution in [3.63, 3.8) is 0 Å². The maximum absolute atomic E-state index is 11.2. The highest BCUT2D eigenvalue weighted by molar-refractivity contribution is 7.99. The topological polar surface area (TPSA) is 46.3 Å². The quantitative estimate of drug-likeness (QED) is 0.700. The van der Waals surface area contributed by atoms with Crippen molar-refractivity contribution in [3.8, 4) is 0 Å². The number of carbonyl (C=O) groups excluding carboxylic acids is 1.